The van der Waals surface area contributed by atoms with E-state index in [1.807, 2.05) is 12.1 Å². The van der Waals surface area contributed by atoms with Crippen LogP contribution >= 0.6 is 22.9 Å². The Morgan fingerprint density at radius 2 is 1.38 bits per heavy atom. The third kappa shape index (κ3) is 4.92. The van der Waals surface area contributed by atoms with Gasteiger partial charge in [0.05, 0.1) is 0 Å². The highest BCUT2D eigenvalue weighted by Gasteiger charge is 2.09. The van der Waals surface area contributed by atoms with Gasteiger partial charge in [-0.15, -0.1) is 11.3 Å². The van der Waals surface area contributed by atoms with Gasteiger partial charge in [-0.2, -0.15) is 0 Å². The van der Waals surface area contributed by atoms with Crippen LogP contribution in [0.25, 0.3) is 0 Å². The van der Waals surface area contributed by atoms with Crippen LogP contribution in [0.2, 0.25) is 5.02 Å². The van der Waals surface area contributed by atoms with E-state index in [1.165, 1.54) is 21.6 Å². The van der Waals surface area contributed by atoms with Crippen molar-refractivity contribution in [2.75, 3.05) is 0 Å². The van der Waals surface area contributed by atoms with Crippen molar-refractivity contribution < 1.29 is 0 Å². The van der Waals surface area contributed by atoms with Crippen LogP contribution < -0.4 is 5.73 Å². The smallest absolute Gasteiger partial charge is 0.0406 e. The van der Waals surface area contributed by atoms with Crippen molar-refractivity contribution in [3.63, 3.8) is 0 Å². The molecular weight excluding hydrogens is 336 g/mol. The molecule has 2 nitrogen and oxygen atoms in total. The van der Waals surface area contributed by atoms with Gasteiger partial charge in [-0.25, -0.2) is 0 Å². The summed E-state index contributed by atoms with van der Waals surface area (Å²) in [4.78, 5) is 3.83. The van der Waals surface area contributed by atoms with Crippen LogP contribution in [-0.4, -0.2) is 4.90 Å². The van der Waals surface area contributed by atoms with Crippen LogP contribution in [0.1, 0.15) is 21.6 Å². The van der Waals surface area contributed by atoms with Crippen molar-refractivity contribution in [2.24, 2.45) is 5.73 Å². The summed E-state index contributed by atoms with van der Waals surface area (Å²) in [5, 5.41) is 2.91. The van der Waals surface area contributed by atoms with E-state index in [0.29, 0.717) is 6.54 Å². The summed E-state index contributed by atoms with van der Waals surface area (Å²) in [7, 11) is 0. The Hall–Kier alpha value is -1.65. The van der Waals surface area contributed by atoms with E-state index in [9.17, 15) is 0 Å². The molecule has 0 bridgehead atoms. The molecule has 124 valence electrons. The zero-order valence-electron chi connectivity index (χ0n) is 13.5. The number of hydrogen-bond donors (Lipinski definition) is 1. The van der Waals surface area contributed by atoms with Crippen LogP contribution in [0.5, 0.6) is 0 Å². The summed E-state index contributed by atoms with van der Waals surface area (Å²) in [5.74, 6) is 0. The second-order valence-electron chi connectivity index (χ2n) is 5.87. The molecule has 0 spiro atoms. The lowest BCUT2D eigenvalue weighted by molar-refractivity contribution is 0.250. The number of hydrogen-bond acceptors (Lipinski definition) is 3. The first-order valence-electron chi connectivity index (χ1n) is 8.00. The van der Waals surface area contributed by atoms with Crippen molar-refractivity contribution >= 4 is 22.9 Å². The van der Waals surface area contributed by atoms with E-state index >= 15 is 0 Å². The molecule has 1 aromatic heterocycles. The fraction of sp³-hybridized carbons (Fsp3) is 0.200. The molecule has 0 unspecified atom stereocenters. The van der Waals surface area contributed by atoms with Gasteiger partial charge in [-0.05, 0) is 40.3 Å². The third-order valence-corrected chi connectivity index (χ3v) is 5.06. The lowest BCUT2D eigenvalue weighted by Gasteiger charge is -2.22. The number of nitrogens with zero attached hydrogens (tertiary/aromatic N) is 1. The SMILES string of the molecule is NCc1ccc(CN(Cc2ccc(Cl)cc2)Cc2cccs2)cc1. The van der Waals surface area contributed by atoms with Crippen LogP contribution in [0, 0.1) is 0 Å². The maximum atomic E-state index is 6.00. The highest BCUT2D eigenvalue weighted by atomic mass is 35.5. The Morgan fingerprint density at radius 1 is 0.792 bits per heavy atom. The predicted octanol–water partition coefficient (Wildman–Crippen LogP) is 5.06. The zero-order valence-corrected chi connectivity index (χ0v) is 15.1. The van der Waals surface area contributed by atoms with Gasteiger partial charge in [0, 0.05) is 36.1 Å². The number of benzene rings is 2. The van der Waals surface area contributed by atoms with Gasteiger partial charge in [0.2, 0.25) is 0 Å². The average Bonchev–Trinajstić information content (AvgIpc) is 3.10. The highest BCUT2D eigenvalue weighted by Crippen LogP contribution is 2.18. The normalized spacial score (nSPS) is 11.1. The molecule has 0 aliphatic rings. The van der Waals surface area contributed by atoms with E-state index < -0.39 is 0 Å². The summed E-state index contributed by atoms with van der Waals surface area (Å²) in [6, 6.07) is 21.0. The first-order valence-corrected chi connectivity index (χ1v) is 9.26. The van der Waals surface area contributed by atoms with Gasteiger partial charge < -0.3 is 5.73 Å². The fourth-order valence-corrected chi connectivity index (χ4v) is 3.55. The predicted molar refractivity (Wildman–Crippen MR) is 103 cm³/mol. The van der Waals surface area contributed by atoms with Crippen LogP contribution in [0.4, 0.5) is 0 Å². The summed E-state index contributed by atoms with van der Waals surface area (Å²) in [6.07, 6.45) is 0. The molecule has 24 heavy (non-hydrogen) atoms. The van der Waals surface area contributed by atoms with Crippen molar-refractivity contribution in [3.8, 4) is 0 Å². The van der Waals surface area contributed by atoms with Gasteiger partial charge in [-0.1, -0.05) is 54.1 Å². The van der Waals surface area contributed by atoms with Crippen LogP contribution in [0.15, 0.2) is 66.0 Å². The van der Waals surface area contributed by atoms with E-state index in [4.69, 9.17) is 17.3 Å². The Bertz CT molecular complexity index is 736. The van der Waals surface area contributed by atoms with Crippen molar-refractivity contribution in [1.82, 2.24) is 4.90 Å². The van der Waals surface area contributed by atoms with Gasteiger partial charge in [-0.3, -0.25) is 4.90 Å². The van der Waals surface area contributed by atoms with E-state index in [1.54, 1.807) is 11.3 Å². The molecule has 0 saturated carbocycles. The Kier molecular flexibility index (Phi) is 6.05. The molecule has 4 heteroatoms. The summed E-state index contributed by atoms with van der Waals surface area (Å²) < 4.78 is 0. The molecular formula is C20H21ClN2S. The summed E-state index contributed by atoms with van der Waals surface area (Å²) in [6.45, 7) is 3.34. The van der Waals surface area contributed by atoms with Crippen LogP contribution in [-0.2, 0) is 26.2 Å². The summed E-state index contributed by atoms with van der Waals surface area (Å²) in [5.41, 5.74) is 9.43. The molecule has 2 aromatic carbocycles. The molecule has 0 amide bonds. The number of nitrogens with two attached hydrogens (primary N) is 1. The molecule has 3 aromatic rings. The van der Waals surface area contributed by atoms with Gasteiger partial charge in [0.1, 0.15) is 0 Å². The average molecular weight is 357 g/mol. The highest BCUT2D eigenvalue weighted by molar-refractivity contribution is 7.09. The Labute approximate surface area is 152 Å². The topological polar surface area (TPSA) is 29.3 Å². The minimum atomic E-state index is 0.587. The lowest BCUT2D eigenvalue weighted by Crippen LogP contribution is -2.22. The molecule has 1 heterocycles. The standard InChI is InChI=1S/C20H21ClN2S/c21-19-9-7-18(8-10-19)14-23(15-20-2-1-11-24-20)13-17-5-3-16(12-22)4-6-17/h1-11H,12-15,22H2. The molecule has 0 aliphatic heterocycles. The molecule has 0 fully saturated rings. The second-order valence-corrected chi connectivity index (χ2v) is 7.34. The zero-order chi connectivity index (χ0) is 16.8. The Balaban J connectivity index is 1.74. The Morgan fingerprint density at radius 3 is 1.92 bits per heavy atom. The van der Waals surface area contributed by atoms with Crippen LogP contribution in [0.3, 0.4) is 0 Å². The van der Waals surface area contributed by atoms with Crippen molar-refractivity contribution in [2.45, 2.75) is 26.2 Å². The van der Waals surface area contributed by atoms with Crippen molar-refractivity contribution in [1.29, 1.82) is 0 Å². The largest absolute Gasteiger partial charge is 0.326 e. The van der Waals surface area contributed by atoms with Crippen molar-refractivity contribution in [3.05, 3.63) is 92.6 Å². The minimum absolute atomic E-state index is 0.587. The van der Waals surface area contributed by atoms with Gasteiger partial charge in [0.25, 0.3) is 0 Å². The number of thiophene rings is 1. The lowest BCUT2D eigenvalue weighted by atomic mass is 10.1. The molecule has 3 rings (SSSR count). The van der Waals surface area contributed by atoms with Gasteiger partial charge in [0.15, 0.2) is 0 Å². The maximum Gasteiger partial charge on any atom is 0.0406 e. The quantitative estimate of drug-likeness (QED) is 0.640. The summed E-state index contributed by atoms with van der Waals surface area (Å²) >= 11 is 7.80. The second kappa shape index (κ2) is 8.45. The maximum absolute atomic E-state index is 6.00. The monoisotopic (exact) mass is 356 g/mol. The number of rotatable bonds is 7. The first-order chi connectivity index (χ1) is 11.7. The third-order valence-electron chi connectivity index (χ3n) is 3.94. The first kappa shape index (κ1) is 17.2. The van der Waals surface area contributed by atoms with E-state index in [0.717, 1.165) is 24.7 Å². The minimum Gasteiger partial charge on any atom is -0.326 e. The van der Waals surface area contributed by atoms with E-state index in [-0.39, 0.29) is 0 Å². The molecule has 0 atom stereocenters. The van der Waals surface area contributed by atoms with Gasteiger partial charge >= 0.3 is 0 Å². The molecule has 0 saturated heterocycles. The van der Waals surface area contributed by atoms with E-state index in [2.05, 4.69) is 58.8 Å². The molecule has 0 aliphatic carbocycles. The molecule has 0 radical (unpaired) electrons. The number of halogens is 1. The molecule has 2 N–H and O–H groups in total. The fourth-order valence-electron chi connectivity index (χ4n) is 2.68.